The molecule has 1 N–H and O–H groups in total. The number of allylic oxidation sites excluding steroid dienone is 4. The number of hydrogen-bond donors (Lipinski definition) is 1. The second kappa shape index (κ2) is 11.8. The molecule has 7 nitrogen and oxygen atoms in total. The number of carbonyl (C=O) groups is 1. The van der Waals surface area contributed by atoms with E-state index < -0.39 is 9.99 Å². The lowest BCUT2D eigenvalue weighted by Gasteiger charge is -2.28. The summed E-state index contributed by atoms with van der Waals surface area (Å²) >= 11 is 7.38. The predicted octanol–water partition coefficient (Wildman–Crippen LogP) is 5.71. The molecule has 1 aliphatic carbocycles. The number of nitrogens with zero attached hydrogens (tertiary/aromatic N) is 4. The molecular weight excluding hydrogens is 540 g/mol. The van der Waals surface area contributed by atoms with Crippen molar-refractivity contribution in [3.8, 4) is 16.9 Å². The molecule has 1 saturated heterocycles. The SMILES string of the molecule is O=C(CSc1ncc(-c2ccc(Cl)cc2)n1-c1ccccc1)N=C1C=CC(=S(=O)(O)N2CCCCC2)C=C1. The predicted molar refractivity (Wildman–Crippen MR) is 157 cm³/mol. The fraction of sp³-hybridized carbons (Fsp3) is 0.214. The van der Waals surface area contributed by atoms with Crippen LogP contribution in [-0.4, -0.2) is 57.9 Å². The molecule has 3 aromatic rings. The lowest BCUT2D eigenvalue weighted by molar-refractivity contribution is -0.115. The minimum Gasteiger partial charge on any atom is -0.302 e. The lowest BCUT2D eigenvalue weighted by atomic mass is 10.1. The first-order chi connectivity index (χ1) is 18.4. The number of rotatable bonds is 6. The van der Waals surface area contributed by atoms with E-state index in [-0.39, 0.29) is 11.7 Å². The summed E-state index contributed by atoms with van der Waals surface area (Å²) in [5.41, 5.74) is 3.22. The van der Waals surface area contributed by atoms with Crippen molar-refractivity contribution in [3.05, 3.63) is 90.1 Å². The first-order valence-electron chi connectivity index (χ1n) is 12.3. The molecular formula is C28H27ClN4O3S2. The maximum Gasteiger partial charge on any atom is 0.256 e. The highest BCUT2D eigenvalue weighted by atomic mass is 35.5. The van der Waals surface area contributed by atoms with Crippen LogP contribution >= 0.6 is 23.4 Å². The molecule has 1 fully saturated rings. The molecule has 1 amide bonds. The Morgan fingerprint density at radius 3 is 2.37 bits per heavy atom. The molecule has 2 aromatic carbocycles. The summed E-state index contributed by atoms with van der Waals surface area (Å²) in [5, 5.41) is 1.32. The maximum atomic E-state index is 13.0. The van der Waals surface area contributed by atoms with Gasteiger partial charge < -0.3 is 4.55 Å². The number of para-hydroxylation sites is 1. The summed E-state index contributed by atoms with van der Waals surface area (Å²) in [6.45, 7) is 1.21. The fourth-order valence-corrected chi connectivity index (χ4v) is 6.79. The smallest absolute Gasteiger partial charge is 0.256 e. The number of amides is 1. The molecule has 0 saturated carbocycles. The highest BCUT2D eigenvalue weighted by Crippen LogP contribution is 2.30. The maximum absolute atomic E-state index is 13.0. The molecule has 38 heavy (non-hydrogen) atoms. The number of aromatic nitrogens is 2. The van der Waals surface area contributed by atoms with E-state index in [2.05, 4.69) is 9.98 Å². The molecule has 0 spiro atoms. The number of thioether (sulfide) groups is 1. The van der Waals surface area contributed by atoms with Gasteiger partial charge in [0.05, 0.1) is 28.2 Å². The summed E-state index contributed by atoms with van der Waals surface area (Å²) in [4.78, 5) is 21.8. The zero-order valence-corrected chi connectivity index (χ0v) is 23.0. The van der Waals surface area contributed by atoms with E-state index in [1.165, 1.54) is 11.8 Å². The van der Waals surface area contributed by atoms with Gasteiger partial charge in [0.15, 0.2) is 15.1 Å². The molecule has 0 radical (unpaired) electrons. The van der Waals surface area contributed by atoms with Crippen LogP contribution in [0.25, 0.3) is 16.9 Å². The highest BCUT2D eigenvalue weighted by Gasteiger charge is 2.22. The number of imidazole rings is 1. The Balaban J connectivity index is 1.32. The number of hydrogen-bond acceptors (Lipinski definition) is 4. The largest absolute Gasteiger partial charge is 0.302 e. The van der Waals surface area contributed by atoms with Gasteiger partial charge >= 0.3 is 0 Å². The van der Waals surface area contributed by atoms with Crippen LogP contribution in [0, 0.1) is 0 Å². The van der Waals surface area contributed by atoms with Gasteiger partial charge in [-0.3, -0.25) is 9.36 Å². The monoisotopic (exact) mass is 566 g/mol. The van der Waals surface area contributed by atoms with Gasteiger partial charge in [-0.25, -0.2) is 18.5 Å². The Morgan fingerprint density at radius 2 is 1.68 bits per heavy atom. The zero-order valence-electron chi connectivity index (χ0n) is 20.6. The Labute approximate surface area is 231 Å². The Bertz CT molecular complexity index is 1510. The van der Waals surface area contributed by atoms with Crippen LogP contribution in [0.1, 0.15) is 19.3 Å². The highest BCUT2D eigenvalue weighted by molar-refractivity contribution is 7.99. The van der Waals surface area contributed by atoms with Crippen LogP contribution in [-0.2, 0) is 14.8 Å². The van der Waals surface area contributed by atoms with Crippen LogP contribution in [0.5, 0.6) is 0 Å². The van der Waals surface area contributed by atoms with Crippen LogP contribution < -0.4 is 0 Å². The van der Waals surface area contributed by atoms with Gasteiger partial charge in [-0.15, -0.1) is 0 Å². The van der Waals surface area contributed by atoms with Crippen LogP contribution in [0.3, 0.4) is 0 Å². The van der Waals surface area contributed by atoms with Crippen molar-refractivity contribution in [2.45, 2.75) is 24.4 Å². The van der Waals surface area contributed by atoms with Gasteiger partial charge in [0, 0.05) is 29.4 Å². The number of benzene rings is 2. The third kappa shape index (κ3) is 6.03. The van der Waals surface area contributed by atoms with Gasteiger partial charge in [-0.1, -0.05) is 60.1 Å². The second-order valence-electron chi connectivity index (χ2n) is 8.88. The van der Waals surface area contributed by atoms with Gasteiger partial charge in [-0.05, 0) is 61.4 Å². The summed E-state index contributed by atoms with van der Waals surface area (Å²) in [6, 6.07) is 17.4. The molecule has 1 atom stereocenters. The standard InChI is InChI=1S/C28H27ClN4O3S2/c29-22-11-9-21(10-12-22)26-19-30-28(33(26)24-7-3-1-4-8-24)37-20-27(34)31-23-13-15-25(16-14-23)38(35,36)32-17-5-2-6-18-32/h1,3-4,7-16,19H,2,5-6,17-18,20H2,(H,35,36). The molecule has 1 unspecified atom stereocenters. The van der Waals surface area contributed by atoms with Crippen LogP contribution in [0.4, 0.5) is 0 Å². The molecule has 196 valence electrons. The minimum absolute atomic E-state index is 0.0934. The average Bonchev–Trinajstić information content (AvgIpc) is 3.37. The van der Waals surface area contributed by atoms with Crippen molar-refractivity contribution in [1.82, 2.24) is 13.9 Å². The number of carbonyl (C=O) groups excluding carboxylic acids is 1. The van der Waals surface area contributed by atoms with E-state index in [4.69, 9.17) is 11.6 Å². The van der Waals surface area contributed by atoms with Crippen LogP contribution in [0.15, 0.2) is 95.2 Å². The van der Waals surface area contributed by atoms with E-state index in [1.807, 2.05) is 59.2 Å². The van der Waals surface area contributed by atoms with Gasteiger partial charge in [0.25, 0.3) is 5.91 Å². The van der Waals surface area contributed by atoms with E-state index in [0.29, 0.717) is 33.8 Å². The Hall–Kier alpha value is -2.95. The molecule has 2 heterocycles. The average molecular weight is 567 g/mol. The number of halogens is 1. The molecule has 0 bridgehead atoms. The van der Waals surface area contributed by atoms with Crippen molar-refractivity contribution in [2.75, 3.05) is 18.8 Å². The van der Waals surface area contributed by atoms with E-state index in [0.717, 1.165) is 36.2 Å². The quantitative estimate of drug-likeness (QED) is 0.305. The van der Waals surface area contributed by atoms with Crippen LogP contribution in [0.2, 0.25) is 5.02 Å². The van der Waals surface area contributed by atoms with E-state index in [1.54, 1.807) is 34.8 Å². The molecule has 1 aromatic heterocycles. The summed E-state index contributed by atoms with van der Waals surface area (Å²) in [6.07, 6.45) is 11.1. The molecule has 5 rings (SSSR count). The molecule has 2 aliphatic rings. The summed E-state index contributed by atoms with van der Waals surface area (Å²) < 4.78 is 27.3. The van der Waals surface area contributed by atoms with Gasteiger partial charge in [-0.2, -0.15) is 0 Å². The molecule has 1 aliphatic heterocycles. The van der Waals surface area contributed by atoms with Crippen molar-refractivity contribution in [1.29, 1.82) is 0 Å². The van der Waals surface area contributed by atoms with E-state index >= 15 is 0 Å². The fourth-order valence-electron chi connectivity index (χ4n) is 4.35. The van der Waals surface area contributed by atoms with Crippen molar-refractivity contribution >= 4 is 49.8 Å². The van der Waals surface area contributed by atoms with Crippen molar-refractivity contribution in [2.24, 2.45) is 4.99 Å². The first kappa shape index (κ1) is 26.6. The number of aliphatic imine (C=N–C) groups is 1. The summed E-state index contributed by atoms with van der Waals surface area (Å²) in [7, 11) is -3.27. The lowest BCUT2D eigenvalue weighted by Crippen LogP contribution is -2.38. The second-order valence-corrected chi connectivity index (χ2v) is 12.2. The molecule has 10 heteroatoms. The van der Waals surface area contributed by atoms with E-state index in [9.17, 15) is 13.6 Å². The van der Waals surface area contributed by atoms with Gasteiger partial charge in [0.1, 0.15) is 0 Å². The third-order valence-electron chi connectivity index (χ3n) is 6.27. The Morgan fingerprint density at radius 1 is 1.00 bits per heavy atom. The Kier molecular flexibility index (Phi) is 8.30. The van der Waals surface area contributed by atoms with Gasteiger partial charge in [0.2, 0.25) is 0 Å². The topological polar surface area (TPSA) is 87.8 Å². The first-order valence-corrected chi connectivity index (χ1v) is 15.1. The third-order valence-corrected chi connectivity index (χ3v) is 9.41. The van der Waals surface area contributed by atoms with Crippen molar-refractivity contribution in [3.63, 3.8) is 0 Å². The minimum atomic E-state index is -3.27. The zero-order chi connectivity index (χ0) is 26.5. The summed E-state index contributed by atoms with van der Waals surface area (Å²) in [5.74, 6) is -0.227. The van der Waals surface area contributed by atoms with Crippen molar-refractivity contribution < 1.29 is 13.6 Å². The normalized spacial score (nSPS) is 17.4. The number of piperidine rings is 1.